The van der Waals surface area contributed by atoms with Crippen molar-refractivity contribution in [2.45, 2.75) is 20.4 Å². The van der Waals surface area contributed by atoms with Crippen LogP contribution in [0.4, 0.5) is 0 Å². The molecule has 1 aromatic rings. The Morgan fingerprint density at radius 2 is 2.10 bits per heavy atom. The summed E-state index contributed by atoms with van der Waals surface area (Å²) in [5, 5.41) is 0. The van der Waals surface area contributed by atoms with Gasteiger partial charge in [0, 0.05) is 30.4 Å². The van der Waals surface area contributed by atoms with E-state index in [0.717, 1.165) is 35.7 Å². The maximum atomic E-state index is 6.01. The number of nitrogens with zero attached hydrogens (tertiary/aromatic N) is 3. The van der Waals surface area contributed by atoms with Crippen LogP contribution in [0.3, 0.4) is 0 Å². The summed E-state index contributed by atoms with van der Waals surface area (Å²) < 4.78 is 10.7. The molecule has 2 rings (SSSR count). The van der Waals surface area contributed by atoms with Crippen LogP contribution in [0, 0.1) is 13.8 Å². The Labute approximate surface area is 142 Å². The molecule has 0 radical (unpaired) electrons. The minimum absolute atomic E-state index is 0. The number of hydrogen-bond acceptors (Lipinski definition) is 4. The van der Waals surface area contributed by atoms with E-state index in [1.165, 1.54) is 0 Å². The zero-order valence-electron chi connectivity index (χ0n) is 12.8. The minimum atomic E-state index is 0. The molecule has 1 aromatic heterocycles. The van der Waals surface area contributed by atoms with Crippen LogP contribution < -0.4 is 10.5 Å². The number of aromatic nitrogens is 1. The Kier molecular flexibility index (Phi) is 7.16. The number of guanidine groups is 1. The van der Waals surface area contributed by atoms with Crippen molar-refractivity contribution in [3.63, 3.8) is 0 Å². The number of halogens is 1. The smallest absolute Gasteiger partial charge is 0.191 e. The molecule has 2 N–H and O–H groups in total. The number of methoxy groups -OCH3 is 1. The molecular weight excluding hydrogens is 383 g/mol. The van der Waals surface area contributed by atoms with Gasteiger partial charge in [-0.3, -0.25) is 4.98 Å². The summed E-state index contributed by atoms with van der Waals surface area (Å²) in [5.74, 6) is 1.42. The number of hydrogen-bond donors (Lipinski definition) is 1. The largest absolute Gasteiger partial charge is 0.496 e. The van der Waals surface area contributed by atoms with E-state index < -0.39 is 0 Å². The molecule has 0 aliphatic carbocycles. The summed E-state index contributed by atoms with van der Waals surface area (Å²) in [4.78, 5) is 10.9. The molecule has 7 heteroatoms. The van der Waals surface area contributed by atoms with E-state index in [1.54, 1.807) is 7.11 Å². The fraction of sp³-hybridized carbons (Fsp3) is 0.571. The van der Waals surface area contributed by atoms with E-state index in [2.05, 4.69) is 9.98 Å². The lowest BCUT2D eigenvalue weighted by Crippen LogP contribution is -2.44. The fourth-order valence-corrected chi connectivity index (χ4v) is 2.28. The standard InChI is InChI=1S/C14H22N4O2.HI/c1-10-8-16-12(11(2)13(10)19-3)9-17-14(15)18-4-6-20-7-5-18;/h8H,4-7,9H2,1-3H3,(H2,15,17);1H. The quantitative estimate of drug-likeness (QED) is 0.468. The van der Waals surface area contributed by atoms with Crippen LogP contribution in [-0.4, -0.2) is 49.3 Å². The van der Waals surface area contributed by atoms with E-state index in [9.17, 15) is 0 Å². The van der Waals surface area contributed by atoms with Gasteiger partial charge in [0.15, 0.2) is 5.96 Å². The minimum Gasteiger partial charge on any atom is -0.496 e. The van der Waals surface area contributed by atoms with Gasteiger partial charge in [-0.05, 0) is 13.8 Å². The van der Waals surface area contributed by atoms with E-state index in [1.807, 2.05) is 24.9 Å². The number of aliphatic imine (C=N–C) groups is 1. The molecule has 1 fully saturated rings. The van der Waals surface area contributed by atoms with Crippen molar-refractivity contribution < 1.29 is 9.47 Å². The maximum Gasteiger partial charge on any atom is 0.191 e. The van der Waals surface area contributed by atoms with Crippen LogP contribution in [0.1, 0.15) is 16.8 Å². The third-order valence-electron chi connectivity index (χ3n) is 3.48. The summed E-state index contributed by atoms with van der Waals surface area (Å²) in [6.45, 7) is 7.42. The van der Waals surface area contributed by atoms with E-state index in [0.29, 0.717) is 25.7 Å². The lowest BCUT2D eigenvalue weighted by Gasteiger charge is -2.27. The van der Waals surface area contributed by atoms with Gasteiger partial charge < -0.3 is 20.1 Å². The monoisotopic (exact) mass is 406 g/mol. The predicted molar refractivity (Wildman–Crippen MR) is 93.4 cm³/mol. The van der Waals surface area contributed by atoms with Crippen LogP contribution in [-0.2, 0) is 11.3 Å². The number of morpholine rings is 1. The summed E-state index contributed by atoms with van der Waals surface area (Å²) >= 11 is 0. The highest BCUT2D eigenvalue weighted by molar-refractivity contribution is 14.0. The molecule has 0 unspecified atom stereocenters. The SMILES string of the molecule is COc1c(C)cnc(CN=C(N)N2CCOCC2)c1C.I. The number of nitrogens with two attached hydrogens (primary N) is 1. The van der Waals surface area contributed by atoms with Crippen molar-refractivity contribution in [2.24, 2.45) is 10.7 Å². The molecule has 0 spiro atoms. The first-order valence-corrected chi connectivity index (χ1v) is 6.75. The van der Waals surface area contributed by atoms with Gasteiger partial charge in [-0.1, -0.05) is 0 Å². The van der Waals surface area contributed by atoms with Gasteiger partial charge in [0.1, 0.15) is 5.75 Å². The first-order valence-electron chi connectivity index (χ1n) is 6.75. The number of ether oxygens (including phenoxy) is 2. The normalized spacial score (nSPS) is 15.6. The lowest BCUT2D eigenvalue weighted by molar-refractivity contribution is 0.0674. The number of pyridine rings is 1. The second-order valence-corrected chi connectivity index (χ2v) is 4.82. The Morgan fingerprint density at radius 1 is 1.43 bits per heavy atom. The van der Waals surface area contributed by atoms with Crippen molar-refractivity contribution >= 4 is 29.9 Å². The van der Waals surface area contributed by atoms with Crippen LogP contribution in [0.15, 0.2) is 11.2 Å². The van der Waals surface area contributed by atoms with Gasteiger partial charge in [-0.25, -0.2) is 4.99 Å². The zero-order valence-corrected chi connectivity index (χ0v) is 15.1. The van der Waals surface area contributed by atoms with Gasteiger partial charge in [-0.15, -0.1) is 24.0 Å². The molecule has 2 heterocycles. The van der Waals surface area contributed by atoms with Gasteiger partial charge >= 0.3 is 0 Å². The highest BCUT2D eigenvalue weighted by atomic mass is 127. The summed E-state index contributed by atoms with van der Waals surface area (Å²) in [5.41, 5.74) is 8.95. The average molecular weight is 406 g/mol. The first kappa shape index (κ1) is 18.0. The van der Waals surface area contributed by atoms with Crippen molar-refractivity contribution in [1.29, 1.82) is 0 Å². The Balaban J connectivity index is 0.00000220. The molecule has 0 amide bonds. The van der Waals surface area contributed by atoms with Crippen molar-refractivity contribution in [3.05, 3.63) is 23.0 Å². The van der Waals surface area contributed by atoms with Crippen LogP contribution in [0.25, 0.3) is 0 Å². The lowest BCUT2D eigenvalue weighted by atomic mass is 10.1. The van der Waals surface area contributed by atoms with Gasteiger partial charge in [0.25, 0.3) is 0 Å². The van der Waals surface area contributed by atoms with Crippen LogP contribution in [0.5, 0.6) is 5.75 Å². The van der Waals surface area contributed by atoms with Gasteiger partial charge in [-0.2, -0.15) is 0 Å². The molecule has 118 valence electrons. The van der Waals surface area contributed by atoms with Gasteiger partial charge in [0.05, 0.1) is 32.6 Å². The van der Waals surface area contributed by atoms with E-state index in [-0.39, 0.29) is 24.0 Å². The molecule has 6 nitrogen and oxygen atoms in total. The second-order valence-electron chi connectivity index (χ2n) is 4.82. The highest BCUT2D eigenvalue weighted by Gasteiger charge is 2.13. The van der Waals surface area contributed by atoms with Gasteiger partial charge in [0.2, 0.25) is 0 Å². The third-order valence-corrected chi connectivity index (χ3v) is 3.48. The van der Waals surface area contributed by atoms with Crippen molar-refractivity contribution in [3.8, 4) is 5.75 Å². The number of aryl methyl sites for hydroxylation is 1. The Hall–Kier alpha value is -1.09. The fourth-order valence-electron chi connectivity index (χ4n) is 2.28. The number of rotatable bonds is 3. The molecule has 1 aliphatic heterocycles. The molecule has 0 aromatic carbocycles. The highest BCUT2D eigenvalue weighted by Crippen LogP contribution is 2.24. The third kappa shape index (κ3) is 4.44. The van der Waals surface area contributed by atoms with Crippen LogP contribution in [0.2, 0.25) is 0 Å². The Bertz CT molecular complexity index is 502. The summed E-state index contributed by atoms with van der Waals surface area (Å²) in [6.07, 6.45) is 1.81. The molecule has 21 heavy (non-hydrogen) atoms. The average Bonchev–Trinajstić information content (AvgIpc) is 2.47. The molecule has 0 atom stereocenters. The van der Waals surface area contributed by atoms with E-state index >= 15 is 0 Å². The molecule has 0 saturated carbocycles. The zero-order chi connectivity index (χ0) is 14.5. The van der Waals surface area contributed by atoms with Crippen LogP contribution >= 0.6 is 24.0 Å². The topological polar surface area (TPSA) is 73.0 Å². The second kappa shape index (κ2) is 8.38. The maximum absolute atomic E-state index is 6.01. The Morgan fingerprint density at radius 3 is 2.71 bits per heavy atom. The molecule has 1 saturated heterocycles. The van der Waals surface area contributed by atoms with E-state index in [4.69, 9.17) is 15.2 Å². The first-order chi connectivity index (χ1) is 9.63. The van der Waals surface area contributed by atoms with Crippen molar-refractivity contribution in [2.75, 3.05) is 33.4 Å². The molecular formula is C14H23IN4O2. The molecule has 1 aliphatic rings. The summed E-state index contributed by atoms with van der Waals surface area (Å²) in [6, 6.07) is 0. The summed E-state index contributed by atoms with van der Waals surface area (Å²) in [7, 11) is 1.67. The molecule has 0 bridgehead atoms. The van der Waals surface area contributed by atoms with Crippen molar-refractivity contribution in [1.82, 2.24) is 9.88 Å². The predicted octanol–water partition coefficient (Wildman–Crippen LogP) is 1.47.